The first-order chi connectivity index (χ1) is 3.31. The summed E-state index contributed by atoms with van der Waals surface area (Å²) < 4.78 is 0. The van der Waals surface area contributed by atoms with Crippen LogP contribution in [0.15, 0.2) is 12.7 Å². The van der Waals surface area contributed by atoms with Gasteiger partial charge in [0, 0.05) is 5.75 Å². The topological polar surface area (TPSA) is 0 Å². The number of hydrogen-bond donors (Lipinski definition) is 0. The van der Waals surface area contributed by atoms with Crippen molar-refractivity contribution in [1.29, 1.82) is 0 Å². The maximum Gasteiger partial charge on any atom is 0.00548 e. The largest absolute Gasteiger partial charge is 0.189 e. The minimum atomic E-state index is 0.480. The predicted molar refractivity (Wildman–Crippen MR) is 40.3 cm³/mol. The molecular formula is C6H12S. The van der Waals surface area contributed by atoms with E-state index in [1.54, 1.807) is 0 Å². The molecule has 0 amide bonds. The second-order valence-corrected chi connectivity index (χ2v) is 3.57. The maximum atomic E-state index is 3.64. The Bertz CT molecular complexity index is 82.2. The van der Waals surface area contributed by atoms with Crippen LogP contribution in [0.25, 0.3) is 0 Å². The van der Waals surface area contributed by atoms with Crippen LogP contribution in [0.3, 0.4) is 0 Å². The summed E-state index contributed by atoms with van der Waals surface area (Å²) in [5.41, 5.74) is 0. The Balaban J connectivity index is 3.36. The highest BCUT2D eigenvalue weighted by Gasteiger charge is 1.73. The van der Waals surface area contributed by atoms with Gasteiger partial charge in [0.1, 0.15) is 0 Å². The summed E-state index contributed by atoms with van der Waals surface area (Å²) >= 11 is 0. The van der Waals surface area contributed by atoms with Gasteiger partial charge < -0.3 is 0 Å². The summed E-state index contributed by atoms with van der Waals surface area (Å²) in [6, 6.07) is 0. The summed E-state index contributed by atoms with van der Waals surface area (Å²) in [7, 11) is 0.480. The van der Waals surface area contributed by atoms with Crippen LogP contribution < -0.4 is 0 Å². The van der Waals surface area contributed by atoms with Crippen molar-refractivity contribution in [3.63, 3.8) is 0 Å². The van der Waals surface area contributed by atoms with E-state index in [2.05, 4.69) is 25.1 Å². The van der Waals surface area contributed by atoms with Gasteiger partial charge in [0.25, 0.3) is 0 Å². The van der Waals surface area contributed by atoms with Crippen molar-refractivity contribution in [3.05, 3.63) is 12.7 Å². The first-order valence-corrected chi connectivity index (χ1v) is 4.19. The molecule has 1 unspecified atom stereocenters. The van der Waals surface area contributed by atoms with E-state index in [9.17, 15) is 0 Å². The van der Waals surface area contributed by atoms with Crippen LogP contribution in [0.1, 0.15) is 6.92 Å². The average molecular weight is 116 g/mol. The third-order valence-corrected chi connectivity index (χ3v) is 2.35. The summed E-state index contributed by atoms with van der Waals surface area (Å²) in [6.45, 7) is 5.73. The number of hydrogen-bond acceptors (Lipinski definition) is 0. The molecule has 0 heterocycles. The smallest absolute Gasteiger partial charge is 0.00548 e. The molecule has 0 aliphatic rings. The lowest BCUT2D eigenvalue weighted by Gasteiger charge is -1.90. The molecule has 0 rings (SSSR count). The molecule has 1 heteroatoms. The molecule has 0 saturated heterocycles. The SMILES string of the molecule is C=CCS(C)=CC. The van der Waals surface area contributed by atoms with Crippen molar-refractivity contribution < 1.29 is 0 Å². The van der Waals surface area contributed by atoms with Gasteiger partial charge in [0.05, 0.1) is 0 Å². The Kier molecular flexibility index (Phi) is 4.10. The van der Waals surface area contributed by atoms with Crippen LogP contribution in [0.4, 0.5) is 0 Å². The minimum absolute atomic E-state index is 0.480. The van der Waals surface area contributed by atoms with Gasteiger partial charge in [-0.2, -0.15) is 10.5 Å². The molecule has 0 aliphatic heterocycles. The molecule has 0 aromatic heterocycles. The minimum Gasteiger partial charge on any atom is -0.189 e. The summed E-state index contributed by atoms with van der Waals surface area (Å²) in [6.07, 6.45) is 4.17. The van der Waals surface area contributed by atoms with Crippen molar-refractivity contribution in [1.82, 2.24) is 0 Å². The van der Waals surface area contributed by atoms with Crippen LogP contribution in [0.2, 0.25) is 0 Å². The van der Waals surface area contributed by atoms with Gasteiger partial charge in [-0.1, -0.05) is 11.4 Å². The first-order valence-electron chi connectivity index (χ1n) is 2.33. The molecule has 0 radical (unpaired) electrons. The highest BCUT2D eigenvalue weighted by Crippen LogP contribution is 2.02. The zero-order chi connectivity index (χ0) is 5.70. The van der Waals surface area contributed by atoms with Crippen molar-refractivity contribution in [2.45, 2.75) is 6.92 Å². The highest BCUT2D eigenvalue weighted by atomic mass is 32.2. The van der Waals surface area contributed by atoms with Crippen LogP contribution in [0, 0.1) is 0 Å². The number of rotatable bonds is 2. The molecule has 0 aliphatic carbocycles. The van der Waals surface area contributed by atoms with Crippen LogP contribution in [-0.4, -0.2) is 17.4 Å². The summed E-state index contributed by atoms with van der Waals surface area (Å²) in [5, 5.41) is 2.21. The van der Waals surface area contributed by atoms with E-state index in [-0.39, 0.29) is 0 Å². The molecule has 0 fully saturated rings. The molecule has 0 saturated carbocycles. The molecule has 0 spiro atoms. The third-order valence-electron chi connectivity index (χ3n) is 0.783. The van der Waals surface area contributed by atoms with E-state index in [4.69, 9.17) is 0 Å². The van der Waals surface area contributed by atoms with E-state index in [0.29, 0.717) is 10.5 Å². The fraction of sp³-hybridized carbons (Fsp3) is 0.500. The van der Waals surface area contributed by atoms with Crippen molar-refractivity contribution in [2.75, 3.05) is 12.0 Å². The normalized spacial score (nSPS) is 14.0. The van der Waals surface area contributed by atoms with Crippen molar-refractivity contribution >= 4 is 15.9 Å². The fourth-order valence-corrected chi connectivity index (χ4v) is 0.846. The highest BCUT2D eigenvalue weighted by molar-refractivity contribution is 8.14. The van der Waals surface area contributed by atoms with Crippen LogP contribution >= 0.6 is 10.5 Å². The average Bonchev–Trinajstić information content (AvgIpc) is 1.68. The fourth-order valence-electron chi connectivity index (χ4n) is 0.282. The van der Waals surface area contributed by atoms with Gasteiger partial charge in [0.15, 0.2) is 0 Å². The van der Waals surface area contributed by atoms with E-state index in [0.717, 1.165) is 5.75 Å². The van der Waals surface area contributed by atoms with Crippen LogP contribution in [-0.2, 0) is 0 Å². The lowest BCUT2D eigenvalue weighted by atomic mass is 10.8. The van der Waals surface area contributed by atoms with Gasteiger partial charge in [-0.25, -0.2) is 0 Å². The molecular weight excluding hydrogens is 104 g/mol. The Labute approximate surface area is 48.2 Å². The van der Waals surface area contributed by atoms with Crippen molar-refractivity contribution in [2.24, 2.45) is 0 Å². The van der Waals surface area contributed by atoms with E-state index < -0.39 is 0 Å². The van der Waals surface area contributed by atoms with E-state index >= 15 is 0 Å². The van der Waals surface area contributed by atoms with E-state index in [1.165, 1.54) is 0 Å². The van der Waals surface area contributed by atoms with Gasteiger partial charge in [-0.3, -0.25) is 0 Å². The molecule has 1 atom stereocenters. The molecule has 7 heavy (non-hydrogen) atoms. The Morgan fingerprint density at radius 1 is 1.71 bits per heavy atom. The zero-order valence-corrected chi connectivity index (χ0v) is 5.79. The maximum absolute atomic E-state index is 3.64. The Morgan fingerprint density at radius 3 is 2.43 bits per heavy atom. The van der Waals surface area contributed by atoms with Gasteiger partial charge in [-0.15, -0.1) is 6.58 Å². The van der Waals surface area contributed by atoms with Gasteiger partial charge in [0.2, 0.25) is 0 Å². The van der Waals surface area contributed by atoms with E-state index in [1.807, 2.05) is 6.08 Å². The third kappa shape index (κ3) is 3.80. The summed E-state index contributed by atoms with van der Waals surface area (Å²) in [5.74, 6) is 1.14. The second kappa shape index (κ2) is 4.13. The Hall–Kier alpha value is -0.0400. The monoisotopic (exact) mass is 116 g/mol. The molecule has 0 bridgehead atoms. The quantitative estimate of drug-likeness (QED) is 0.382. The zero-order valence-electron chi connectivity index (χ0n) is 4.98. The van der Waals surface area contributed by atoms with Crippen molar-refractivity contribution in [3.8, 4) is 0 Å². The van der Waals surface area contributed by atoms with Gasteiger partial charge in [-0.05, 0) is 13.2 Å². The molecule has 0 N–H and O–H groups in total. The Morgan fingerprint density at radius 2 is 2.29 bits per heavy atom. The standard InChI is InChI=1S/C6H12S/c1-4-6-7(3)5-2/h4-5H,1,6H2,2-3H3. The molecule has 0 aromatic rings. The molecule has 0 nitrogen and oxygen atoms in total. The second-order valence-electron chi connectivity index (χ2n) is 1.38. The lowest BCUT2D eigenvalue weighted by molar-refractivity contribution is 1.82. The van der Waals surface area contributed by atoms with Crippen LogP contribution in [0.5, 0.6) is 0 Å². The molecule has 42 valence electrons. The predicted octanol–water partition coefficient (Wildman–Crippen LogP) is 1.89. The first kappa shape index (κ1) is 6.96. The summed E-state index contributed by atoms with van der Waals surface area (Å²) in [4.78, 5) is 0. The molecule has 0 aromatic carbocycles. The lowest BCUT2D eigenvalue weighted by Crippen LogP contribution is -1.71. The van der Waals surface area contributed by atoms with Gasteiger partial charge >= 0.3 is 0 Å².